The molecule has 2 aliphatic heterocycles. The number of nitrogens with zero attached hydrogens (tertiary/aromatic N) is 2. The maximum Gasteiger partial charge on any atom is 0.335 e. The Morgan fingerprint density at radius 2 is 1.96 bits per heavy atom. The van der Waals surface area contributed by atoms with E-state index in [0.717, 1.165) is 6.42 Å². The molecule has 3 unspecified atom stereocenters. The molecule has 2 heterocycles. The van der Waals surface area contributed by atoms with Crippen molar-refractivity contribution in [2.24, 2.45) is 0 Å². The van der Waals surface area contributed by atoms with Gasteiger partial charge in [0.1, 0.15) is 11.6 Å². The number of amides is 4. The van der Waals surface area contributed by atoms with Crippen LogP contribution in [-0.4, -0.2) is 76.7 Å². The number of carbonyl (C=O) groups is 5. The van der Waals surface area contributed by atoms with Crippen LogP contribution in [-0.2, 0) is 28.7 Å². The molecule has 26 heavy (non-hydrogen) atoms. The molecule has 0 saturated carbocycles. The Balaban J connectivity index is 1.94. The number of hydrogen-bond acceptors (Lipinski definition) is 6. The van der Waals surface area contributed by atoms with Crippen molar-refractivity contribution in [1.82, 2.24) is 15.1 Å². The van der Waals surface area contributed by atoms with Crippen molar-refractivity contribution in [1.29, 1.82) is 0 Å². The highest BCUT2D eigenvalue weighted by Gasteiger charge is 2.59. The Bertz CT molecular complexity index is 651. The van der Waals surface area contributed by atoms with Crippen molar-refractivity contribution in [2.45, 2.75) is 51.3 Å². The van der Waals surface area contributed by atoms with Crippen LogP contribution in [0.4, 0.5) is 0 Å². The average molecular weight is 369 g/mol. The van der Waals surface area contributed by atoms with Crippen LogP contribution >= 0.6 is 0 Å². The highest BCUT2D eigenvalue weighted by atomic mass is 16.5. The van der Waals surface area contributed by atoms with Crippen LogP contribution in [0.25, 0.3) is 0 Å². The zero-order chi connectivity index (χ0) is 19.6. The number of rotatable bonds is 6. The summed E-state index contributed by atoms with van der Waals surface area (Å²) in [6.07, 6.45) is 0.471. The Kier molecular flexibility index (Phi) is 5.65. The molecule has 10 heteroatoms. The van der Waals surface area contributed by atoms with E-state index in [0.29, 0.717) is 19.5 Å². The van der Waals surface area contributed by atoms with Crippen molar-refractivity contribution in [2.75, 3.05) is 19.6 Å². The molecule has 3 atom stereocenters. The molecular weight excluding hydrogens is 344 g/mol. The molecule has 0 aromatic carbocycles. The number of hydrogen-bond donors (Lipinski definition) is 2. The number of esters is 1. The summed E-state index contributed by atoms with van der Waals surface area (Å²) in [5.41, 5.74) is 2.45. The van der Waals surface area contributed by atoms with Crippen LogP contribution in [0.2, 0.25) is 0 Å². The molecule has 4 amide bonds. The van der Waals surface area contributed by atoms with Gasteiger partial charge in [-0.15, -0.1) is 0 Å². The Labute approximate surface area is 151 Å². The standard InChI is InChI=1S/C16H24N4O6/c1-9(26-11(3)22)13(14(17)24)18-12(23)7-19-8-16(15(19)25)5-4-6-20(16)10(2)21/h9,13H,4-8H2,1-3H3,(H2,17,24)(H,18,23)/p+1. The van der Waals surface area contributed by atoms with Crippen LogP contribution in [0.1, 0.15) is 33.6 Å². The molecule has 2 fully saturated rings. The lowest BCUT2D eigenvalue weighted by molar-refractivity contribution is -0.310. The molecule has 2 saturated heterocycles. The number of β-lactam (4-membered cyclic amide) rings is 1. The first kappa shape index (κ1) is 19.8. The van der Waals surface area contributed by atoms with E-state index < -0.39 is 35.5 Å². The summed E-state index contributed by atoms with van der Waals surface area (Å²) in [6.45, 7) is 4.70. The number of quaternary nitrogens is 1. The van der Waals surface area contributed by atoms with Gasteiger partial charge < -0.3 is 19.9 Å². The van der Waals surface area contributed by atoms with E-state index in [-0.39, 0.29) is 18.4 Å². The summed E-state index contributed by atoms with van der Waals surface area (Å²) >= 11 is 0. The molecule has 0 bridgehead atoms. The monoisotopic (exact) mass is 369 g/mol. The number of carbonyl (C=O) groups excluding carboxylic acids is 5. The van der Waals surface area contributed by atoms with Crippen molar-refractivity contribution >= 4 is 29.6 Å². The van der Waals surface area contributed by atoms with Gasteiger partial charge in [-0.2, -0.15) is 0 Å². The van der Waals surface area contributed by atoms with E-state index in [1.165, 1.54) is 25.7 Å². The molecule has 0 aromatic heterocycles. The third-order valence-electron chi connectivity index (χ3n) is 4.83. The number of ether oxygens (including phenoxy) is 1. The Hall–Kier alpha value is -2.49. The quantitative estimate of drug-likeness (QED) is 0.389. The molecule has 0 radical (unpaired) electrons. The minimum atomic E-state index is -1.09. The number of likely N-dealkylation sites (tertiary alicyclic amines) is 2. The summed E-state index contributed by atoms with van der Waals surface area (Å²) < 4.78 is 4.92. The minimum absolute atomic E-state index is 0.155. The Morgan fingerprint density at radius 1 is 1.31 bits per heavy atom. The van der Waals surface area contributed by atoms with Crippen LogP contribution in [0.3, 0.4) is 0 Å². The summed E-state index contributed by atoms with van der Waals surface area (Å²) in [4.78, 5) is 62.0. The number of nitrogens with one attached hydrogen (secondary N) is 1. The largest absolute Gasteiger partial charge is 0.460 e. The fraction of sp³-hybridized carbons (Fsp3) is 0.688. The van der Waals surface area contributed by atoms with Gasteiger partial charge in [0.25, 0.3) is 5.91 Å². The summed E-state index contributed by atoms with van der Waals surface area (Å²) in [5.74, 6) is -2.15. The van der Waals surface area contributed by atoms with Gasteiger partial charge in [0.15, 0.2) is 6.04 Å². The predicted octanol–water partition coefficient (Wildman–Crippen LogP) is -2.59. The third-order valence-corrected chi connectivity index (χ3v) is 4.83. The predicted molar refractivity (Wildman–Crippen MR) is 87.0 cm³/mol. The second-order valence-electron chi connectivity index (χ2n) is 6.79. The lowest BCUT2D eigenvalue weighted by Gasteiger charge is -2.50. The summed E-state index contributed by atoms with van der Waals surface area (Å²) in [5, 5.41) is 2.45. The average Bonchev–Trinajstić information content (AvgIpc) is 2.97. The first-order chi connectivity index (χ1) is 12.1. The van der Waals surface area contributed by atoms with Crippen molar-refractivity contribution in [3.05, 3.63) is 0 Å². The lowest BCUT2D eigenvalue weighted by Crippen LogP contribution is -2.74. The maximum absolute atomic E-state index is 12.5. The van der Waals surface area contributed by atoms with Crippen LogP contribution in [0, 0.1) is 0 Å². The normalized spacial score (nSPS) is 24.1. The van der Waals surface area contributed by atoms with E-state index >= 15 is 0 Å². The summed E-state index contributed by atoms with van der Waals surface area (Å²) in [7, 11) is 0. The van der Waals surface area contributed by atoms with Gasteiger partial charge in [0.05, 0.1) is 13.1 Å². The second kappa shape index (κ2) is 7.40. The van der Waals surface area contributed by atoms with Gasteiger partial charge in [-0.3, -0.25) is 24.9 Å². The fourth-order valence-corrected chi connectivity index (χ4v) is 3.69. The SMILES string of the molecule is CC(=O)OC(C)C(NC(=O)CN1CC2(CCCN2C(C)=O)C1=O)C([NH3+])=O. The smallest absolute Gasteiger partial charge is 0.335 e. The first-order valence-electron chi connectivity index (χ1n) is 8.48. The second-order valence-corrected chi connectivity index (χ2v) is 6.79. The summed E-state index contributed by atoms with van der Waals surface area (Å²) in [6, 6.07) is -1.09. The highest BCUT2D eigenvalue weighted by Crippen LogP contribution is 2.38. The molecule has 2 rings (SSSR count). The van der Waals surface area contributed by atoms with Gasteiger partial charge in [-0.1, -0.05) is 0 Å². The van der Waals surface area contributed by atoms with E-state index in [1.54, 1.807) is 4.90 Å². The van der Waals surface area contributed by atoms with Crippen molar-refractivity contribution in [3.63, 3.8) is 0 Å². The van der Waals surface area contributed by atoms with Crippen LogP contribution in [0.5, 0.6) is 0 Å². The molecule has 10 nitrogen and oxygen atoms in total. The lowest BCUT2D eigenvalue weighted by atomic mass is 9.85. The zero-order valence-corrected chi connectivity index (χ0v) is 15.2. The van der Waals surface area contributed by atoms with Crippen molar-refractivity contribution < 1.29 is 34.4 Å². The third kappa shape index (κ3) is 3.69. The van der Waals surface area contributed by atoms with Gasteiger partial charge in [-0.05, 0) is 19.8 Å². The van der Waals surface area contributed by atoms with Gasteiger partial charge in [0.2, 0.25) is 11.8 Å². The zero-order valence-electron chi connectivity index (χ0n) is 15.2. The van der Waals surface area contributed by atoms with Crippen molar-refractivity contribution in [3.8, 4) is 0 Å². The van der Waals surface area contributed by atoms with Gasteiger partial charge >= 0.3 is 11.9 Å². The van der Waals surface area contributed by atoms with Gasteiger partial charge in [0, 0.05) is 20.4 Å². The first-order valence-corrected chi connectivity index (χ1v) is 8.48. The van der Waals surface area contributed by atoms with Crippen LogP contribution < -0.4 is 11.1 Å². The minimum Gasteiger partial charge on any atom is -0.460 e. The van der Waals surface area contributed by atoms with E-state index in [1.807, 2.05) is 0 Å². The Morgan fingerprint density at radius 3 is 2.46 bits per heavy atom. The van der Waals surface area contributed by atoms with Crippen LogP contribution in [0.15, 0.2) is 0 Å². The van der Waals surface area contributed by atoms with Gasteiger partial charge in [-0.25, -0.2) is 4.79 Å². The molecule has 144 valence electrons. The topological polar surface area (TPSA) is 141 Å². The molecule has 4 N–H and O–H groups in total. The molecule has 1 spiro atoms. The molecule has 0 aliphatic carbocycles. The fourth-order valence-electron chi connectivity index (χ4n) is 3.69. The molecular formula is C16H25N4O6+. The molecule has 0 aromatic rings. The molecule has 2 aliphatic rings. The van der Waals surface area contributed by atoms with E-state index in [4.69, 9.17) is 4.74 Å². The van der Waals surface area contributed by atoms with E-state index in [9.17, 15) is 24.0 Å². The van der Waals surface area contributed by atoms with E-state index in [2.05, 4.69) is 11.1 Å². The maximum atomic E-state index is 12.5. The highest BCUT2D eigenvalue weighted by molar-refractivity contribution is 5.99.